The molecule has 7 aromatic rings. The molecule has 4 heterocycles. The van der Waals surface area contributed by atoms with Gasteiger partial charge in [-0.3, -0.25) is 9.97 Å². The molecule has 0 aliphatic carbocycles. The van der Waals surface area contributed by atoms with Crippen LogP contribution in [-0.2, 0) is 12.8 Å². The Hall–Kier alpha value is -4.44. The van der Waals surface area contributed by atoms with Crippen LogP contribution in [-0.4, -0.2) is 19.1 Å². The molecule has 0 bridgehead atoms. The Bertz CT molecular complexity index is 1860. The molecule has 0 saturated heterocycles. The van der Waals surface area contributed by atoms with Crippen molar-refractivity contribution in [3.63, 3.8) is 0 Å². The third-order valence-corrected chi connectivity index (χ3v) is 7.83. The van der Waals surface area contributed by atoms with Gasteiger partial charge in [-0.25, -0.2) is 0 Å². The number of benzene rings is 3. The number of hydrogen-bond donors (Lipinski definition) is 0. The summed E-state index contributed by atoms with van der Waals surface area (Å²) >= 11 is 0. The van der Waals surface area contributed by atoms with Gasteiger partial charge in [0.2, 0.25) is 0 Å². The van der Waals surface area contributed by atoms with Gasteiger partial charge in [0.15, 0.2) is 0 Å². The highest BCUT2D eigenvalue weighted by atomic mass is 15.0. The molecule has 0 radical (unpaired) electrons. The van der Waals surface area contributed by atoms with Gasteiger partial charge < -0.3 is 9.13 Å². The van der Waals surface area contributed by atoms with E-state index in [1.807, 2.05) is 0 Å². The van der Waals surface area contributed by atoms with E-state index in [1.54, 1.807) is 0 Å². The first-order chi connectivity index (χ1) is 19.5. The molecule has 0 N–H and O–H groups in total. The SMILES string of the molecule is CC(C)Cc1cc2c(cn1)c1ccccc1n2-c1ccc(-n2c3ccccc3c3cnc(CC(C)C)cc32)cc1. The van der Waals surface area contributed by atoms with Crippen molar-refractivity contribution in [1.29, 1.82) is 0 Å². The number of hydrogen-bond acceptors (Lipinski definition) is 2. The van der Waals surface area contributed by atoms with Gasteiger partial charge in [-0.1, -0.05) is 64.1 Å². The predicted molar refractivity (Wildman–Crippen MR) is 168 cm³/mol. The van der Waals surface area contributed by atoms with Crippen LogP contribution in [0.3, 0.4) is 0 Å². The Morgan fingerprint density at radius 2 is 0.900 bits per heavy atom. The van der Waals surface area contributed by atoms with Crippen LogP contribution >= 0.6 is 0 Å². The fraction of sp³-hybridized carbons (Fsp3) is 0.222. The van der Waals surface area contributed by atoms with E-state index >= 15 is 0 Å². The Kier molecular flexibility index (Phi) is 5.92. The summed E-state index contributed by atoms with van der Waals surface area (Å²) in [5, 5.41) is 4.86. The zero-order valence-corrected chi connectivity index (χ0v) is 23.6. The molecule has 0 spiro atoms. The van der Waals surface area contributed by atoms with Crippen molar-refractivity contribution in [2.75, 3.05) is 0 Å². The standard InChI is InChI=1S/C36H34N4/c1-23(2)17-25-19-35-31(21-37-25)29-9-5-7-11-33(29)39(35)27-13-15-28(16-14-27)40-34-12-8-6-10-30(34)32-22-38-26(18-24(3)4)20-36(32)40/h5-16,19-24H,17-18H2,1-4H3. The zero-order valence-electron chi connectivity index (χ0n) is 23.6. The van der Waals surface area contributed by atoms with E-state index in [0.29, 0.717) is 11.8 Å². The molecule has 4 heteroatoms. The molecule has 4 aromatic heterocycles. The molecule has 0 unspecified atom stereocenters. The summed E-state index contributed by atoms with van der Waals surface area (Å²) in [7, 11) is 0. The summed E-state index contributed by atoms with van der Waals surface area (Å²) < 4.78 is 4.77. The smallest absolute Gasteiger partial charge is 0.0574 e. The average Bonchev–Trinajstić information content (AvgIpc) is 3.44. The normalized spacial score (nSPS) is 12.2. The Labute approximate surface area is 234 Å². The summed E-state index contributed by atoms with van der Waals surface area (Å²) in [5.74, 6) is 1.12. The maximum Gasteiger partial charge on any atom is 0.0574 e. The van der Waals surface area contributed by atoms with Crippen molar-refractivity contribution in [3.8, 4) is 11.4 Å². The molecular weight excluding hydrogens is 488 g/mol. The fourth-order valence-corrected chi connectivity index (χ4v) is 6.18. The summed E-state index contributed by atoms with van der Waals surface area (Å²) in [6.07, 6.45) is 6.05. The van der Waals surface area contributed by atoms with E-state index in [-0.39, 0.29) is 0 Å². The lowest BCUT2D eigenvalue weighted by Crippen LogP contribution is -2.00. The topological polar surface area (TPSA) is 35.6 Å². The molecule has 3 aromatic carbocycles. The number of pyridine rings is 2. The highest BCUT2D eigenvalue weighted by molar-refractivity contribution is 6.10. The molecule has 0 amide bonds. The molecule has 0 fully saturated rings. The number of fused-ring (bicyclic) bond motifs is 6. The lowest BCUT2D eigenvalue weighted by molar-refractivity contribution is 0.636. The summed E-state index contributed by atoms with van der Waals surface area (Å²) in [6.45, 7) is 8.99. The van der Waals surface area contributed by atoms with Crippen molar-refractivity contribution in [2.24, 2.45) is 11.8 Å². The van der Waals surface area contributed by atoms with Gasteiger partial charge in [0.05, 0.1) is 22.1 Å². The van der Waals surface area contributed by atoms with Crippen LogP contribution in [0.25, 0.3) is 55.0 Å². The predicted octanol–water partition coefficient (Wildman–Crippen LogP) is 9.07. The Morgan fingerprint density at radius 3 is 1.30 bits per heavy atom. The first kappa shape index (κ1) is 24.6. The van der Waals surface area contributed by atoms with Gasteiger partial charge >= 0.3 is 0 Å². The highest BCUT2D eigenvalue weighted by Crippen LogP contribution is 2.35. The van der Waals surface area contributed by atoms with Crippen LogP contribution in [0.4, 0.5) is 0 Å². The molecule has 0 aliphatic rings. The van der Waals surface area contributed by atoms with Crippen molar-refractivity contribution in [2.45, 2.75) is 40.5 Å². The van der Waals surface area contributed by atoms with Crippen molar-refractivity contribution in [3.05, 3.63) is 109 Å². The molecule has 40 heavy (non-hydrogen) atoms. The Balaban J connectivity index is 1.41. The average molecular weight is 523 g/mol. The first-order valence-corrected chi connectivity index (χ1v) is 14.3. The van der Waals surface area contributed by atoms with Crippen LogP contribution in [0.1, 0.15) is 39.1 Å². The van der Waals surface area contributed by atoms with Crippen LogP contribution in [0.15, 0.2) is 97.3 Å². The largest absolute Gasteiger partial charge is 0.309 e. The second kappa shape index (κ2) is 9.63. The highest BCUT2D eigenvalue weighted by Gasteiger charge is 2.16. The molecule has 0 aliphatic heterocycles. The molecule has 0 saturated carbocycles. The van der Waals surface area contributed by atoms with E-state index in [9.17, 15) is 0 Å². The minimum Gasteiger partial charge on any atom is -0.309 e. The summed E-state index contributed by atoms with van der Waals surface area (Å²) in [4.78, 5) is 9.63. The minimum atomic E-state index is 0.560. The minimum absolute atomic E-state index is 0.560. The van der Waals surface area contributed by atoms with Gasteiger partial charge in [0.1, 0.15) is 0 Å². The van der Waals surface area contributed by atoms with Crippen LogP contribution in [0.2, 0.25) is 0 Å². The van der Waals surface area contributed by atoms with E-state index in [0.717, 1.165) is 35.6 Å². The monoisotopic (exact) mass is 522 g/mol. The Morgan fingerprint density at radius 1 is 0.500 bits per heavy atom. The van der Waals surface area contributed by atoms with Crippen LogP contribution in [0.5, 0.6) is 0 Å². The molecular formula is C36H34N4. The van der Waals surface area contributed by atoms with Crippen molar-refractivity contribution in [1.82, 2.24) is 19.1 Å². The second-order valence-corrected chi connectivity index (χ2v) is 11.8. The third-order valence-electron chi connectivity index (χ3n) is 7.83. The summed E-state index contributed by atoms with van der Waals surface area (Å²) in [6, 6.07) is 30.8. The molecule has 0 atom stereocenters. The fourth-order valence-electron chi connectivity index (χ4n) is 6.18. The van der Waals surface area contributed by atoms with Crippen molar-refractivity contribution < 1.29 is 0 Å². The third kappa shape index (κ3) is 4.06. The van der Waals surface area contributed by atoms with Crippen molar-refractivity contribution >= 4 is 43.6 Å². The lowest BCUT2D eigenvalue weighted by atomic mass is 10.1. The van der Waals surface area contributed by atoms with E-state index in [4.69, 9.17) is 9.97 Å². The van der Waals surface area contributed by atoms with Gasteiger partial charge in [-0.15, -0.1) is 0 Å². The number of nitrogens with zero attached hydrogens (tertiary/aromatic N) is 4. The first-order valence-electron chi connectivity index (χ1n) is 14.3. The zero-order chi connectivity index (χ0) is 27.4. The van der Waals surface area contributed by atoms with E-state index in [2.05, 4.69) is 134 Å². The van der Waals surface area contributed by atoms with Crippen LogP contribution < -0.4 is 0 Å². The van der Waals surface area contributed by atoms with E-state index in [1.165, 1.54) is 43.6 Å². The van der Waals surface area contributed by atoms with E-state index < -0.39 is 0 Å². The molecule has 198 valence electrons. The quantitative estimate of drug-likeness (QED) is 0.218. The maximum absolute atomic E-state index is 4.81. The van der Waals surface area contributed by atoms with Gasteiger partial charge in [-0.05, 0) is 73.2 Å². The van der Waals surface area contributed by atoms with Crippen LogP contribution in [0, 0.1) is 11.8 Å². The van der Waals surface area contributed by atoms with Gasteiger partial charge in [0.25, 0.3) is 0 Å². The van der Waals surface area contributed by atoms with Gasteiger partial charge in [0, 0.05) is 56.7 Å². The second-order valence-electron chi connectivity index (χ2n) is 11.8. The van der Waals surface area contributed by atoms with Gasteiger partial charge in [-0.2, -0.15) is 0 Å². The number of para-hydroxylation sites is 2. The summed E-state index contributed by atoms with van der Waals surface area (Å²) in [5.41, 5.74) is 9.41. The lowest BCUT2D eigenvalue weighted by Gasteiger charge is -2.12. The molecule has 4 nitrogen and oxygen atoms in total. The molecule has 7 rings (SSSR count). The maximum atomic E-state index is 4.81. The number of aromatic nitrogens is 4. The number of rotatable bonds is 6.